The summed E-state index contributed by atoms with van der Waals surface area (Å²) in [5.41, 5.74) is 3.65. The number of piperidine rings is 1. The Bertz CT molecular complexity index is 1020. The number of benzene rings is 1. The summed E-state index contributed by atoms with van der Waals surface area (Å²) in [6.45, 7) is 9.25. The highest BCUT2D eigenvalue weighted by atomic mass is 32.1. The van der Waals surface area contributed by atoms with Crippen LogP contribution in [-0.4, -0.2) is 55.7 Å². The molecule has 1 saturated carbocycles. The number of Topliss-reactive ketones (excluding diaryl/α,β-unsaturated/α-hetero) is 1. The zero-order chi connectivity index (χ0) is 26.9. The molecule has 6 heteroatoms. The number of ketones is 1. The molecule has 1 atom stereocenters. The summed E-state index contributed by atoms with van der Waals surface area (Å²) in [7, 11) is 0. The molecule has 0 bridgehead atoms. The van der Waals surface area contributed by atoms with Gasteiger partial charge in [0.15, 0.2) is 5.78 Å². The van der Waals surface area contributed by atoms with Crippen LogP contribution in [0.5, 0.6) is 0 Å². The van der Waals surface area contributed by atoms with E-state index >= 15 is 0 Å². The predicted octanol–water partition coefficient (Wildman–Crippen LogP) is 7.10. The maximum Gasteiger partial charge on any atom is 0.166 e. The van der Waals surface area contributed by atoms with Crippen molar-refractivity contribution in [1.82, 2.24) is 19.8 Å². The smallest absolute Gasteiger partial charge is 0.166 e. The van der Waals surface area contributed by atoms with Crippen LogP contribution in [0.2, 0.25) is 0 Å². The van der Waals surface area contributed by atoms with Crippen molar-refractivity contribution in [2.75, 3.05) is 13.1 Å². The lowest BCUT2D eigenvalue weighted by Crippen LogP contribution is -2.49. The van der Waals surface area contributed by atoms with Crippen LogP contribution in [0.1, 0.15) is 105 Å². The van der Waals surface area contributed by atoms with Gasteiger partial charge in [-0.1, -0.05) is 74.7 Å². The lowest BCUT2D eigenvalue weighted by molar-refractivity contribution is 0.0958. The van der Waals surface area contributed by atoms with Gasteiger partial charge in [-0.05, 0) is 57.9 Å². The monoisotopic (exact) mass is 534 g/mol. The van der Waals surface area contributed by atoms with Gasteiger partial charge in [0.2, 0.25) is 0 Å². The van der Waals surface area contributed by atoms with E-state index in [9.17, 15) is 4.79 Å². The average Bonchev–Trinajstić information content (AvgIpc) is 2.93. The third kappa shape index (κ3) is 7.92. The molecule has 0 spiro atoms. The van der Waals surface area contributed by atoms with E-state index in [0.717, 1.165) is 69.0 Å². The van der Waals surface area contributed by atoms with Crippen molar-refractivity contribution in [2.24, 2.45) is 5.92 Å². The number of thiocarbonyl (C=S) groups is 1. The molecule has 2 aromatic rings. The number of aromatic nitrogens is 2. The van der Waals surface area contributed by atoms with Crippen molar-refractivity contribution in [3.8, 4) is 0 Å². The second-order valence-electron chi connectivity index (χ2n) is 11.6. The van der Waals surface area contributed by atoms with Crippen molar-refractivity contribution in [3.05, 3.63) is 59.2 Å². The van der Waals surface area contributed by atoms with E-state index < -0.39 is 0 Å². The summed E-state index contributed by atoms with van der Waals surface area (Å²) < 4.78 is 0. The summed E-state index contributed by atoms with van der Waals surface area (Å²) in [6, 6.07) is 11.8. The van der Waals surface area contributed by atoms with Gasteiger partial charge in [0, 0.05) is 44.6 Å². The van der Waals surface area contributed by atoms with E-state index in [4.69, 9.17) is 12.2 Å². The largest absolute Gasteiger partial charge is 0.359 e. The minimum Gasteiger partial charge on any atom is -0.359 e. The van der Waals surface area contributed by atoms with E-state index in [1.807, 2.05) is 13.8 Å². The molecular weight excluding hydrogens is 488 g/mol. The van der Waals surface area contributed by atoms with Crippen molar-refractivity contribution < 1.29 is 4.79 Å². The topological polar surface area (TPSA) is 49.3 Å². The first-order valence-electron chi connectivity index (χ1n) is 14.8. The van der Waals surface area contributed by atoms with Gasteiger partial charge < -0.3 is 9.80 Å². The fraction of sp³-hybridized carbons (Fsp3) is 0.625. The van der Waals surface area contributed by atoms with E-state index in [1.54, 1.807) is 0 Å². The van der Waals surface area contributed by atoms with E-state index in [2.05, 4.69) is 57.0 Å². The minimum absolute atomic E-state index is 0.176. The Labute approximate surface area is 235 Å². The molecule has 1 aliphatic heterocycles. The van der Waals surface area contributed by atoms with Gasteiger partial charge in [0.25, 0.3) is 0 Å². The van der Waals surface area contributed by atoms with Crippen LogP contribution >= 0.6 is 12.2 Å². The molecule has 4 rings (SSSR count). The highest BCUT2D eigenvalue weighted by molar-refractivity contribution is 7.80. The molecule has 0 N–H and O–H groups in total. The Morgan fingerprint density at radius 2 is 1.68 bits per heavy atom. The van der Waals surface area contributed by atoms with Crippen LogP contribution in [0.15, 0.2) is 36.7 Å². The molecule has 1 aliphatic carbocycles. The zero-order valence-corrected chi connectivity index (χ0v) is 24.5. The normalized spacial score (nSPS) is 18.3. The molecule has 1 unspecified atom stereocenters. The van der Waals surface area contributed by atoms with Crippen LogP contribution in [0, 0.1) is 19.8 Å². The van der Waals surface area contributed by atoms with Crippen molar-refractivity contribution >= 4 is 23.0 Å². The van der Waals surface area contributed by atoms with Crippen LogP contribution in [-0.2, 0) is 6.54 Å². The Hall–Kier alpha value is -2.18. The van der Waals surface area contributed by atoms with Crippen molar-refractivity contribution in [3.63, 3.8) is 0 Å². The molecule has 38 heavy (non-hydrogen) atoms. The second-order valence-corrected chi connectivity index (χ2v) is 12.0. The maximum atomic E-state index is 12.8. The number of carbonyl (C=O) groups excluding carboxylic acids is 1. The maximum absolute atomic E-state index is 12.8. The quantitative estimate of drug-likeness (QED) is 0.226. The molecule has 1 aromatic heterocycles. The van der Waals surface area contributed by atoms with Crippen LogP contribution in [0.25, 0.3) is 0 Å². The fourth-order valence-corrected chi connectivity index (χ4v) is 6.91. The Morgan fingerprint density at radius 3 is 2.34 bits per heavy atom. The minimum atomic E-state index is 0.176. The molecule has 2 fully saturated rings. The van der Waals surface area contributed by atoms with E-state index in [0.29, 0.717) is 24.1 Å². The third-order valence-corrected chi connectivity index (χ3v) is 9.20. The van der Waals surface area contributed by atoms with E-state index in [-0.39, 0.29) is 5.78 Å². The van der Waals surface area contributed by atoms with Crippen LogP contribution < -0.4 is 0 Å². The number of carbonyl (C=O) groups is 1. The second kappa shape index (κ2) is 14.3. The molecule has 1 aromatic carbocycles. The van der Waals surface area contributed by atoms with Crippen molar-refractivity contribution in [1.29, 1.82) is 0 Å². The van der Waals surface area contributed by atoms with Gasteiger partial charge in [-0.15, -0.1) is 0 Å². The van der Waals surface area contributed by atoms with Crippen molar-refractivity contribution in [2.45, 2.75) is 110 Å². The van der Waals surface area contributed by atoms with Gasteiger partial charge >= 0.3 is 0 Å². The van der Waals surface area contributed by atoms with Gasteiger partial charge in [0.05, 0.1) is 21.9 Å². The number of nitrogens with zero attached hydrogens (tertiary/aromatic N) is 4. The van der Waals surface area contributed by atoms with Crippen LogP contribution in [0.4, 0.5) is 0 Å². The number of rotatable bonds is 11. The zero-order valence-electron chi connectivity index (χ0n) is 23.7. The summed E-state index contributed by atoms with van der Waals surface area (Å²) >= 11 is 6.13. The van der Waals surface area contributed by atoms with Gasteiger partial charge in [0.1, 0.15) is 6.33 Å². The molecule has 5 nitrogen and oxygen atoms in total. The third-order valence-electron chi connectivity index (χ3n) is 8.80. The number of likely N-dealkylation sites (tertiary alicyclic amines) is 1. The summed E-state index contributed by atoms with van der Waals surface area (Å²) in [5, 5.41) is 0. The van der Waals surface area contributed by atoms with Crippen LogP contribution in [0.3, 0.4) is 0 Å². The summed E-state index contributed by atoms with van der Waals surface area (Å²) in [4.78, 5) is 27.6. The standard InChI is InChI=1S/C32H46N4OS/c1-24(11-10-16-30(37)32-25(2)33-23-34-26(32)3)35-19-17-29(18-20-35)36(22-28-14-8-5-9-15-28)31(38)21-27-12-6-4-7-13-27/h5,8-9,14-15,23-24,27,29H,4,6-7,10-13,16-22H2,1-3H3. The number of aryl methyl sites for hydroxylation is 2. The molecule has 2 heterocycles. The Balaban J connectivity index is 1.28. The first kappa shape index (κ1) is 28.8. The summed E-state index contributed by atoms with van der Waals surface area (Å²) in [6.07, 6.45) is 14.2. The first-order chi connectivity index (χ1) is 18.4. The molecule has 0 radical (unpaired) electrons. The fourth-order valence-electron chi connectivity index (χ4n) is 6.46. The van der Waals surface area contributed by atoms with Gasteiger partial charge in [-0.2, -0.15) is 0 Å². The Morgan fingerprint density at radius 1 is 1.03 bits per heavy atom. The van der Waals surface area contributed by atoms with Gasteiger partial charge in [-0.3, -0.25) is 4.79 Å². The molecule has 2 aliphatic rings. The predicted molar refractivity (Wildman–Crippen MR) is 160 cm³/mol. The number of hydrogen-bond donors (Lipinski definition) is 0. The lowest BCUT2D eigenvalue weighted by atomic mass is 9.86. The lowest BCUT2D eigenvalue weighted by Gasteiger charge is -2.42. The molecule has 1 saturated heterocycles. The van der Waals surface area contributed by atoms with Gasteiger partial charge in [-0.25, -0.2) is 9.97 Å². The average molecular weight is 535 g/mol. The molecular formula is C32H46N4OS. The Kier molecular flexibility index (Phi) is 10.8. The first-order valence-corrected chi connectivity index (χ1v) is 15.2. The molecule has 206 valence electrons. The highest BCUT2D eigenvalue weighted by Crippen LogP contribution is 2.30. The summed E-state index contributed by atoms with van der Waals surface area (Å²) in [5.74, 6) is 0.946. The number of hydrogen-bond acceptors (Lipinski definition) is 5. The SMILES string of the molecule is Cc1ncnc(C)c1C(=O)CCCC(C)N1CCC(N(Cc2ccccc2)C(=S)CC2CCCCC2)CC1. The molecule has 0 amide bonds. The van der Waals surface area contributed by atoms with E-state index in [1.165, 1.54) is 49.0 Å². The highest BCUT2D eigenvalue weighted by Gasteiger charge is 2.29.